The Labute approximate surface area is 122 Å². The molecule has 0 spiro atoms. The van der Waals surface area contributed by atoms with E-state index >= 15 is 0 Å². The van der Waals surface area contributed by atoms with Crippen molar-refractivity contribution >= 4 is 17.6 Å². The second-order valence-corrected chi connectivity index (χ2v) is 5.56. The topological polar surface area (TPSA) is 52.7 Å². The number of amides is 3. The van der Waals surface area contributed by atoms with Crippen LogP contribution in [0.5, 0.6) is 0 Å². The number of fused-ring (bicyclic) bond motifs is 1. The van der Waals surface area contributed by atoms with Crippen LogP contribution in [-0.2, 0) is 11.2 Å². The van der Waals surface area contributed by atoms with Crippen molar-refractivity contribution in [2.75, 3.05) is 31.1 Å². The number of carbonyl (C=O) groups is 2. The van der Waals surface area contributed by atoms with Crippen LogP contribution in [0, 0.1) is 12.7 Å². The first-order valence-corrected chi connectivity index (χ1v) is 7.18. The van der Waals surface area contributed by atoms with E-state index in [1.54, 1.807) is 4.90 Å². The van der Waals surface area contributed by atoms with Crippen molar-refractivity contribution < 1.29 is 14.0 Å². The van der Waals surface area contributed by atoms with Crippen LogP contribution < -0.4 is 10.2 Å². The lowest BCUT2D eigenvalue weighted by Crippen LogP contribution is -2.43. The molecule has 3 amide bonds. The number of nitrogens with zero attached hydrogens (tertiary/aromatic N) is 2. The van der Waals surface area contributed by atoms with Crippen LogP contribution in [0.3, 0.4) is 0 Å². The summed E-state index contributed by atoms with van der Waals surface area (Å²) >= 11 is 0. The monoisotopic (exact) mass is 291 g/mol. The first-order valence-electron chi connectivity index (χ1n) is 7.18. The summed E-state index contributed by atoms with van der Waals surface area (Å²) in [5, 5.41) is 2.60. The van der Waals surface area contributed by atoms with E-state index < -0.39 is 0 Å². The fraction of sp³-hybridized carbons (Fsp3) is 0.467. The summed E-state index contributed by atoms with van der Waals surface area (Å²) in [6.07, 6.45) is 1.71. The van der Waals surface area contributed by atoms with Crippen molar-refractivity contribution in [2.45, 2.75) is 19.8 Å². The Morgan fingerprint density at radius 2 is 2.19 bits per heavy atom. The molecule has 112 valence electrons. The highest BCUT2D eigenvalue weighted by Gasteiger charge is 2.29. The number of benzene rings is 1. The fourth-order valence-corrected chi connectivity index (χ4v) is 3.04. The lowest BCUT2D eigenvalue weighted by atomic mass is 9.99. The Morgan fingerprint density at radius 3 is 2.90 bits per heavy atom. The Hall–Kier alpha value is -2.11. The summed E-state index contributed by atoms with van der Waals surface area (Å²) in [5.74, 6) is -0.568. The maximum Gasteiger partial charge on any atom is 0.324 e. The summed E-state index contributed by atoms with van der Waals surface area (Å²) < 4.78 is 14.2. The highest BCUT2D eigenvalue weighted by molar-refractivity contribution is 5.97. The maximum absolute atomic E-state index is 14.2. The minimum absolute atomic E-state index is 0.0421. The molecule has 0 atom stereocenters. The van der Waals surface area contributed by atoms with Gasteiger partial charge >= 0.3 is 6.03 Å². The lowest BCUT2D eigenvalue weighted by molar-refractivity contribution is -0.126. The minimum Gasteiger partial charge on any atom is -0.360 e. The second-order valence-electron chi connectivity index (χ2n) is 5.56. The normalized spacial score (nSPS) is 17.7. The van der Waals surface area contributed by atoms with Crippen molar-refractivity contribution in [1.29, 1.82) is 0 Å². The van der Waals surface area contributed by atoms with E-state index in [1.165, 1.54) is 11.0 Å². The first-order chi connectivity index (χ1) is 10.1. The van der Waals surface area contributed by atoms with Crippen molar-refractivity contribution in [3.05, 3.63) is 29.1 Å². The van der Waals surface area contributed by atoms with Crippen LogP contribution >= 0.6 is 0 Å². The molecule has 1 aromatic carbocycles. The van der Waals surface area contributed by atoms with E-state index in [9.17, 15) is 14.0 Å². The summed E-state index contributed by atoms with van der Waals surface area (Å²) in [6, 6.07) is 3.10. The molecule has 0 aliphatic carbocycles. The van der Waals surface area contributed by atoms with Crippen LogP contribution in [0.25, 0.3) is 0 Å². The molecule has 0 bridgehead atoms. The number of rotatable bonds is 2. The van der Waals surface area contributed by atoms with Gasteiger partial charge in [0, 0.05) is 19.6 Å². The van der Waals surface area contributed by atoms with E-state index in [2.05, 4.69) is 5.32 Å². The molecule has 6 heteroatoms. The quantitative estimate of drug-likeness (QED) is 0.897. The lowest BCUT2D eigenvalue weighted by Gasteiger charge is -2.32. The smallest absolute Gasteiger partial charge is 0.324 e. The number of urea groups is 1. The number of nitrogens with one attached hydrogen (secondary N) is 1. The van der Waals surface area contributed by atoms with Gasteiger partial charge in [0.2, 0.25) is 5.91 Å². The van der Waals surface area contributed by atoms with Gasteiger partial charge in [-0.1, -0.05) is 6.07 Å². The number of hydrogen-bond donors (Lipinski definition) is 1. The molecular formula is C15H18FN3O2. The summed E-state index contributed by atoms with van der Waals surface area (Å²) in [7, 11) is 0. The number of aryl methyl sites for hydroxylation is 2. The van der Waals surface area contributed by atoms with E-state index in [1.807, 2.05) is 13.0 Å². The maximum atomic E-state index is 14.2. The largest absolute Gasteiger partial charge is 0.360 e. The summed E-state index contributed by atoms with van der Waals surface area (Å²) in [4.78, 5) is 26.7. The molecule has 21 heavy (non-hydrogen) atoms. The minimum atomic E-state index is -0.360. The highest BCUT2D eigenvalue weighted by Crippen LogP contribution is 2.31. The SMILES string of the molecule is Cc1cc(F)c2c(c1)CCCN2CC(=O)N1CCNC1=O. The second kappa shape index (κ2) is 5.35. The van der Waals surface area contributed by atoms with E-state index in [0.717, 1.165) is 24.0 Å². The van der Waals surface area contributed by atoms with Gasteiger partial charge in [-0.15, -0.1) is 0 Å². The van der Waals surface area contributed by atoms with Gasteiger partial charge in [-0.2, -0.15) is 0 Å². The average molecular weight is 291 g/mol. The Kier molecular flexibility index (Phi) is 3.53. The predicted molar refractivity (Wildman–Crippen MR) is 76.8 cm³/mol. The van der Waals surface area contributed by atoms with Gasteiger partial charge < -0.3 is 10.2 Å². The van der Waals surface area contributed by atoms with Crippen molar-refractivity contribution in [1.82, 2.24) is 10.2 Å². The van der Waals surface area contributed by atoms with E-state index in [-0.39, 0.29) is 24.3 Å². The van der Waals surface area contributed by atoms with Gasteiger partial charge in [-0.3, -0.25) is 9.69 Å². The van der Waals surface area contributed by atoms with Crippen molar-refractivity contribution in [2.24, 2.45) is 0 Å². The molecule has 2 aliphatic rings. The molecule has 0 radical (unpaired) electrons. The van der Waals surface area contributed by atoms with Crippen LogP contribution in [-0.4, -0.2) is 43.0 Å². The molecule has 1 N–H and O–H groups in total. The summed E-state index contributed by atoms with van der Waals surface area (Å²) in [5.41, 5.74) is 2.34. The molecule has 0 unspecified atom stereocenters. The van der Waals surface area contributed by atoms with Crippen molar-refractivity contribution in [3.63, 3.8) is 0 Å². The number of imide groups is 1. The third-order valence-electron chi connectivity index (χ3n) is 3.96. The molecule has 2 aliphatic heterocycles. The molecule has 1 fully saturated rings. The molecule has 2 heterocycles. The van der Waals surface area contributed by atoms with Crippen LogP contribution in [0.2, 0.25) is 0 Å². The van der Waals surface area contributed by atoms with Gasteiger partial charge in [0.1, 0.15) is 5.82 Å². The zero-order valence-corrected chi connectivity index (χ0v) is 12.0. The zero-order valence-electron chi connectivity index (χ0n) is 12.0. The van der Waals surface area contributed by atoms with Gasteiger partial charge in [-0.05, 0) is 37.0 Å². The zero-order chi connectivity index (χ0) is 15.0. The average Bonchev–Trinajstić information content (AvgIpc) is 2.84. The van der Waals surface area contributed by atoms with E-state index in [4.69, 9.17) is 0 Å². The van der Waals surface area contributed by atoms with Gasteiger partial charge in [-0.25, -0.2) is 9.18 Å². The van der Waals surface area contributed by atoms with Crippen molar-refractivity contribution in [3.8, 4) is 0 Å². The molecule has 0 aromatic heterocycles. The molecule has 3 rings (SSSR count). The van der Waals surface area contributed by atoms with E-state index in [0.29, 0.717) is 25.3 Å². The molecule has 5 nitrogen and oxygen atoms in total. The first kappa shape index (κ1) is 13.9. The van der Waals surface area contributed by atoms with Crippen LogP contribution in [0.1, 0.15) is 17.5 Å². The Balaban J connectivity index is 1.82. The number of carbonyl (C=O) groups excluding carboxylic acids is 2. The molecular weight excluding hydrogens is 273 g/mol. The number of halogens is 1. The third kappa shape index (κ3) is 2.57. The summed E-state index contributed by atoms with van der Waals surface area (Å²) in [6.45, 7) is 3.40. The number of anilines is 1. The predicted octanol–water partition coefficient (Wildman–Crippen LogP) is 1.44. The van der Waals surface area contributed by atoms with Crippen LogP contribution in [0.4, 0.5) is 14.9 Å². The van der Waals surface area contributed by atoms with Gasteiger partial charge in [0.05, 0.1) is 12.2 Å². The van der Waals surface area contributed by atoms with Crippen LogP contribution in [0.15, 0.2) is 12.1 Å². The van der Waals surface area contributed by atoms with Gasteiger partial charge in [0.15, 0.2) is 0 Å². The van der Waals surface area contributed by atoms with Gasteiger partial charge in [0.25, 0.3) is 0 Å². The molecule has 1 aromatic rings. The fourth-order valence-electron chi connectivity index (χ4n) is 3.04. The molecule has 1 saturated heterocycles. The Bertz CT molecular complexity index is 603. The third-order valence-corrected chi connectivity index (χ3v) is 3.96. The molecule has 0 saturated carbocycles. The Morgan fingerprint density at radius 1 is 1.38 bits per heavy atom. The number of hydrogen-bond acceptors (Lipinski definition) is 3. The highest BCUT2D eigenvalue weighted by atomic mass is 19.1. The standard InChI is InChI=1S/C15H18FN3O2/c1-10-7-11-3-2-5-18(14(11)12(16)8-10)9-13(20)19-6-4-17-15(19)21/h7-8H,2-6,9H2,1H3,(H,17,21).